The van der Waals surface area contributed by atoms with Crippen LogP contribution in [0.4, 0.5) is 11.4 Å². The molecule has 0 saturated carbocycles. The number of rotatable bonds is 3. The number of hydrogen-bond donors (Lipinski definition) is 4. The van der Waals surface area contributed by atoms with Gasteiger partial charge in [0.2, 0.25) is 0 Å². The van der Waals surface area contributed by atoms with Gasteiger partial charge in [0.1, 0.15) is 10.6 Å². The van der Waals surface area contributed by atoms with Gasteiger partial charge < -0.3 is 16.2 Å². The number of aryl methyl sites for hydroxylation is 1. The number of nitrogen functional groups attached to an aromatic ring is 1. The molecule has 0 aromatic heterocycles. The molecule has 3 aromatic carbocycles. The number of nitrogens with one attached hydrogen (secondary N) is 1. The molecule has 0 fully saturated rings. The molecule has 7 nitrogen and oxygen atoms in total. The SMILES string of the molecule is Cc1cc(C(=O)Nc2cccc3c(O)c(S(=O)(=O)O)ccc23)ccc1N. The van der Waals surface area contributed by atoms with E-state index in [2.05, 4.69) is 5.32 Å². The van der Waals surface area contributed by atoms with Crippen molar-refractivity contribution in [3.05, 3.63) is 59.7 Å². The Morgan fingerprint density at radius 2 is 1.81 bits per heavy atom. The van der Waals surface area contributed by atoms with E-state index in [0.29, 0.717) is 22.3 Å². The number of anilines is 2. The van der Waals surface area contributed by atoms with Crippen molar-refractivity contribution >= 4 is 38.2 Å². The lowest BCUT2D eigenvalue weighted by Crippen LogP contribution is -2.12. The zero-order chi connectivity index (χ0) is 19.1. The predicted octanol–water partition coefficient (Wildman–Crippen LogP) is 2.94. The molecule has 0 unspecified atom stereocenters. The average molecular weight is 372 g/mol. The van der Waals surface area contributed by atoms with E-state index in [4.69, 9.17) is 5.73 Å². The fourth-order valence-corrected chi connectivity index (χ4v) is 3.24. The number of amides is 1. The highest BCUT2D eigenvalue weighted by atomic mass is 32.2. The summed E-state index contributed by atoms with van der Waals surface area (Å²) in [6.45, 7) is 1.79. The smallest absolute Gasteiger partial charge is 0.298 e. The predicted molar refractivity (Wildman–Crippen MR) is 99.0 cm³/mol. The average Bonchev–Trinajstić information content (AvgIpc) is 2.57. The number of nitrogens with two attached hydrogens (primary N) is 1. The molecule has 0 aliphatic rings. The summed E-state index contributed by atoms with van der Waals surface area (Å²) < 4.78 is 31.8. The third-order valence-corrected chi connectivity index (χ3v) is 4.94. The van der Waals surface area contributed by atoms with Crippen LogP contribution in [0.25, 0.3) is 10.8 Å². The van der Waals surface area contributed by atoms with Gasteiger partial charge in [-0.1, -0.05) is 18.2 Å². The van der Waals surface area contributed by atoms with Crippen molar-refractivity contribution in [1.29, 1.82) is 0 Å². The number of benzene rings is 3. The molecule has 0 bridgehead atoms. The Bertz CT molecular complexity index is 1140. The van der Waals surface area contributed by atoms with Crippen molar-refractivity contribution in [3.63, 3.8) is 0 Å². The summed E-state index contributed by atoms with van der Waals surface area (Å²) in [7, 11) is -4.56. The second-order valence-corrected chi connectivity index (χ2v) is 7.20. The van der Waals surface area contributed by atoms with Crippen molar-refractivity contribution in [1.82, 2.24) is 0 Å². The number of hydrogen-bond acceptors (Lipinski definition) is 5. The zero-order valence-electron chi connectivity index (χ0n) is 13.7. The largest absolute Gasteiger partial charge is 0.506 e. The minimum atomic E-state index is -4.56. The van der Waals surface area contributed by atoms with E-state index >= 15 is 0 Å². The molecular weight excluding hydrogens is 356 g/mol. The van der Waals surface area contributed by atoms with Crippen LogP contribution < -0.4 is 11.1 Å². The van der Waals surface area contributed by atoms with Crippen molar-refractivity contribution < 1.29 is 22.9 Å². The third kappa shape index (κ3) is 3.19. The van der Waals surface area contributed by atoms with Crippen LogP contribution in [0, 0.1) is 6.92 Å². The van der Waals surface area contributed by atoms with Gasteiger partial charge in [-0.3, -0.25) is 9.35 Å². The molecule has 1 amide bonds. The van der Waals surface area contributed by atoms with E-state index in [1.165, 1.54) is 12.1 Å². The van der Waals surface area contributed by atoms with E-state index in [1.54, 1.807) is 37.3 Å². The number of phenols is 1. The molecule has 8 heteroatoms. The maximum atomic E-state index is 12.5. The van der Waals surface area contributed by atoms with Crippen molar-refractivity contribution in [3.8, 4) is 5.75 Å². The standard InChI is InChI=1S/C18H16N2O5S/c1-10-9-11(5-7-14(10)19)18(22)20-15-4-2-3-13-12(15)6-8-16(17(13)21)26(23,24)25/h2-9,21H,19H2,1H3,(H,20,22)(H,23,24,25). The van der Waals surface area contributed by atoms with Crippen LogP contribution in [-0.4, -0.2) is 24.0 Å². The van der Waals surface area contributed by atoms with Crippen molar-refractivity contribution in [2.24, 2.45) is 0 Å². The Balaban J connectivity index is 2.04. The molecule has 0 spiro atoms. The van der Waals surface area contributed by atoms with E-state index in [0.717, 1.165) is 11.6 Å². The molecule has 134 valence electrons. The zero-order valence-corrected chi connectivity index (χ0v) is 14.5. The van der Waals surface area contributed by atoms with Crippen molar-refractivity contribution in [2.75, 3.05) is 11.1 Å². The number of phenolic OH excluding ortho intramolecular Hbond substituents is 1. The van der Waals surface area contributed by atoms with Crippen LogP contribution in [0.1, 0.15) is 15.9 Å². The molecule has 5 N–H and O–H groups in total. The van der Waals surface area contributed by atoms with Gasteiger partial charge in [-0.05, 0) is 42.8 Å². The first-order chi connectivity index (χ1) is 12.2. The maximum absolute atomic E-state index is 12.5. The lowest BCUT2D eigenvalue weighted by molar-refractivity contribution is 0.102. The molecule has 0 aliphatic carbocycles. The van der Waals surface area contributed by atoms with Crippen LogP contribution in [0.2, 0.25) is 0 Å². The van der Waals surface area contributed by atoms with E-state index in [1.807, 2.05) is 0 Å². The van der Waals surface area contributed by atoms with Gasteiger partial charge in [0.05, 0.1) is 0 Å². The molecule has 0 heterocycles. The number of carbonyl (C=O) groups is 1. The molecule has 26 heavy (non-hydrogen) atoms. The summed E-state index contributed by atoms with van der Waals surface area (Å²) in [5, 5.41) is 13.5. The van der Waals surface area contributed by atoms with Gasteiger partial charge >= 0.3 is 0 Å². The number of aromatic hydroxyl groups is 1. The molecule has 3 aromatic rings. The summed E-state index contributed by atoms with van der Waals surface area (Å²) >= 11 is 0. The summed E-state index contributed by atoms with van der Waals surface area (Å²) in [6.07, 6.45) is 0. The highest BCUT2D eigenvalue weighted by Crippen LogP contribution is 2.35. The Labute approximate surface area is 149 Å². The Morgan fingerprint density at radius 1 is 1.08 bits per heavy atom. The van der Waals surface area contributed by atoms with Crippen LogP contribution in [0.5, 0.6) is 5.75 Å². The van der Waals surface area contributed by atoms with E-state index in [9.17, 15) is 22.9 Å². The highest BCUT2D eigenvalue weighted by molar-refractivity contribution is 7.86. The quantitative estimate of drug-likeness (QED) is 0.413. The summed E-state index contributed by atoms with van der Waals surface area (Å²) in [5.41, 5.74) is 7.90. The number of carbonyl (C=O) groups excluding carboxylic acids is 1. The highest BCUT2D eigenvalue weighted by Gasteiger charge is 2.19. The van der Waals surface area contributed by atoms with E-state index < -0.39 is 20.8 Å². The minimum Gasteiger partial charge on any atom is -0.506 e. The lowest BCUT2D eigenvalue weighted by atomic mass is 10.1. The van der Waals surface area contributed by atoms with Gasteiger partial charge in [0, 0.05) is 27.7 Å². The van der Waals surface area contributed by atoms with Crippen LogP contribution in [0.15, 0.2) is 53.4 Å². The Hall–Kier alpha value is -3.10. The van der Waals surface area contributed by atoms with Crippen LogP contribution in [-0.2, 0) is 10.1 Å². The van der Waals surface area contributed by atoms with Gasteiger partial charge in [-0.25, -0.2) is 0 Å². The Kier molecular flexibility index (Phi) is 4.31. The monoisotopic (exact) mass is 372 g/mol. The number of fused-ring (bicyclic) bond motifs is 1. The summed E-state index contributed by atoms with van der Waals surface area (Å²) in [6, 6.07) is 12.0. The molecule has 0 aliphatic heterocycles. The Morgan fingerprint density at radius 3 is 2.46 bits per heavy atom. The molecule has 0 radical (unpaired) electrons. The summed E-state index contributed by atoms with van der Waals surface area (Å²) in [4.78, 5) is 11.9. The van der Waals surface area contributed by atoms with Gasteiger partial charge in [-0.2, -0.15) is 8.42 Å². The second-order valence-electron chi connectivity index (χ2n) is 5.81. The summed E-state index contributed by atoms with van der Waals surface area (Å²) in [5.74, 6) is -0.955. The fraction of sp³-hybridized carbons (Fsp3) is 0.0556. The normalized spacial score (nSPS) is 11.5. The van der Waals surface area contributed by atoms with E-state index in [-0.39, 0.29) is 11.3 Å². The van der Waals surface area contributed by atoms with Crippen molar-refractivity contribution in [2.45, 2.75) is 11.8 Å². The molecular formula is C18H16N2O5S. The van der Waals surface area contributed by atoms with Crippen LogP contribution >= 0.6 is 0 Å². The minimum absolute atomic E-state index is 0.186. The molecule has 0 saturated heterocycles. The lowest BCUT2D eigenvalue weighted by Gasteiger charge is -2.12. The third-order valence-electron chi connectivity index (χ3n) is 4.05. The van der Waals surface area contributed by atoms with Gasteiger partial charge in [0.25, 0.3) is 16.0 Å². The fourth-order valence-electron chi connectivity index (χ4n) is 2.65. The molecule has 3 rings (SSSR count). The second kappa shape index (κ2) is 6.32. The first-order valence-electron chi connectivity index (χ1n) is 7.58. The van der Waals surface area contributed by atoms with Crippen LogP contribution in [0.3, 0.4) is 0 Å². The molecule has 0 atom stereocenters. The topological polar surface area (TPSA) is 130 Å². The van der Waals surface area contributed by atoms with Gasteiger partial charge in [0.15, 0.2) is 0 Å². The first kappa shape index (κ1) is 17.7. The first-order valence-corrected chi connectivity index (χ1v) is 9.02. The van der Waals surface area contributed by atoms with Gasteiger partial charge in [-0.15, -0.1) is 0 Å². The maximum Gasteiger partial charge on any atom is 0.298 e.